The number of rotatable bonds is 2. The van der Waals surface area contributed by atoms with E-state index in [-0.39, 0.29) is 11.3 Å². The fourth-order valence-corrected chi connectivity index (χ4v) is 2.62. The van der Waals surface area contributed by atoms with Crippen LogP contribution in [-0.4, -0.2) is 17.3 Å². The van der Waals surface area contributed by atoms with Gasteiger partial charge in [0.05, 0.1) is 5.60 Å². The molecule has 0 amide bonds. The van der Waals surface area contributed by atoms with Crippen molar-refractivity contribution < 1.29 is 5.11 Å². The van der Waals surface area contributed by atoms with E-state index < -0.39 is 5.60 Å². The Kier molecular flexibility index (Phi) is 3.03. The average molecular weight is 185 g/mol. The van der Waals surface area contributed by atoms with Crippen LogP contribution in [0.3, 0.4) is 0 Å². The summed E-state index contributed by atoms with van der Waals surface area (Å²) in [6.45, 7) is 6.98. The summed E-state index contributed by atoms with van der Waals surface area (Å²) in [5.41, 5.74) is 5.14. The zero-order valence-electron chi connectivity index (χ0n) is 9.14. The predicted molar refractivity (Wildman–Crippen MR) is 55.4 cm³/mol. The van der Waals surface area contributed by atoms with Gasteiger partial charge in [0.2, 0.25) is 0 Å². The lowest BCUT2D eigenvalue weighted by Gasteiger charge is -2.50. The molecule has 0 aliphatic heterocycles. The highest BCUT2D eigenvalue weighted by molar-refractivity contribution is 4.99. The molecule has 3 N–H and O–H groups in total. The molecule has 0 aromatic carbocycles. The van der Waals surface area contributed by atoms with Gasteiger partial charge in [-0.05, 0) is 30.7 Å². The van der Waals surface area contributed by atoms with Crippen LogP contribution in [0.25, 0.3) is 0 Å². The van der Waals surface area contributed by atoms with Gasteiger partial charge in [-0.1, -0.05) is 33.6 Å². The van der Waals surface area contributed by atoms with Crippen LogP contribution in [-0.2, 0) is 0 Å². The van der Waals surface area contributed by atoms with Crippen LogP contribution in [0.15, 0.2) is 0 Å². The van der Waals surface area contributed by atoms with Crippen LogP contribution in [0.5, 0.6) is 0 Å². The molecule has 78 valence electrons. The first-order valence-electron chi connectivity index (χ1n) is 5.36. The van der Waals surface area contributed by atoms with E-state index >= 15 is 0 Å². The van der Waals surface area contributed by atoms with Crippen molar-refractivity contribution in [3.8, 4) is 0 Å². The Balaban J connectivity index is 2.83. The minimum absolute atomic E-state index is 0.0318. The van der Waals surface area contributed by atoms with E-state index in [1.807, 2.05) is 0 Å². The van der Waals surface area contributed by atoms with Crippen molar-refractivity contribution in [1.29, 1.82) is 0 Å². The molecular formula is C11H23NO. The lowest BCUT2D eigenvalue weighted by atomic mass is 9.60. The highest BCUT2D eigenvalue weighted by atomic mass is 16.3. The van der Waals surface area contributed by atoms with Crippen LogP contribution in [0, 0.1) is 11.3 Å². The minimum Gasteiger partial charge on any atom is -0.389 e. The molecule has 0 bridgehead atoms. The molecule has 1 fully saturated rings. The van der Waals surface area contributed by atoms with Gasteiger partial charge in [-0.15, -0.1) is 0 Å². The van der Waals surface area contributed by atoms with Gasteiger partial charge < -0.3 is 10.8 Å². The Morgan fingerprint density at radius 2 is 1.85 bits per heavy atom. The second-order valence-corrected chi connectivity index (χ2v) is 5.15. The van der Waals surface area contributed by atoms with E-state index in [0.717, 1.165) is 19.3 Å². The summed E-state index contributed by atoms with van der Waals surface area (Å²) < 4.78 is 0. The van der Waals surface area contributed by atoms with Crippen molar-refractivity contribution in [2.75, 3.05) is 6.54 Å². The monoisotopic (exact) mass is 185 g/mol. The Bertz CT molecular complexity index is 179. The van der Waals surface area contributed by atoms with Crippen LogP contribution in [0.4, 0.5) is 0 Å². The van der Waals surface area contributed by atoms with Gasteiger partial charge in [0.15, 0.2) is 0 Å². The number of nitrogens with two attached hydrogens (primary N) is 1. The molecule has 2 nitrogen and oxygen atoms in total. The average Bonchev–Trinajstić information content (AvgIpc) is 2.08. The summed E-state index contributed by atoms with van der Waals surface area (Å²) in [7, 11) is 0. The van der Waals surface area contributed by atoms with Crippen molar-refractivity contribution in [1.82, 2.24) is 0 Å². The summed E-state index contributed by atoms with van der Waals surface area (Å²) in [6.07, 6.45) is 4.42. The number of hydrogen-bond acceptors (Lipinski definition) is 2. The van der Waals surface area contributed by atoms with E-state index in [1.54, 1.807) is 0 Å². The first-order valence-corrected chi connectivity index (χ1v) is 5.36. The standard InChI is InChI=1S/C11H23NO/c1-9(8-12)11(13)7-5-4-6-10(11,2)3/h9,13H,4-8,12H2,1-3H3. The van der Waals surface area contributed by atoms with Gasteiger partial charge in [0.1, 0.15) is 0 Å². The highest BCUT2D eigenvalue weighted by Gasteiger charge is 2.47. The lowest BCUT2D eigenvalue weighted by Crippen LogP contribution is -2.53. The quantitative estimate of drug-likeness (QED) is 0.690. The smallest absolute Gasteiger partial charge is 0.0735 e. The van der Waals surface area contributed by atoms with Gasteiger partial charge in [-0.25, -0.2) is 0 Å². The van der Waals surface area contributed by atoms with Crippen molar-refractivity contribution in [3.05, 3.63) is 0 Å². The van der Waals surface area contributed by atoms with E-state index in [4.69, 9.17) is 5.73 Å². The van der Waals surface area contributed by atoms with Crippen molar-refractivity contribution in [2.24, 2.45) is 17.1 Å². The zero-order chi connectivity index (χ0) is 10.1. The van der Waals surface area contributed by atoms with Gasteiger partial charge in [0.25, 0.3) is 0 Å². The molecule has 2 unspecified atom stereocenters. The molecule has 1 aliphatic rings. The molecule has 1 rings (SSSR count). The first kappa shape index (κ1) is 11.0. The maximum Gasteiger partial charge on any atom is 0.0735 e. The normalized spacial score (nSPS) is 35.8. The second-order valence-electron chi connectivity index (χ2n) is 5.15. The van der Waals surface area contributed by atoms with E-state index in [1.165, 1.54) is 6.42 Å². The zero-order valence-corrected chi connectivity index (χ0v) is 9.14. The molecule has 0 radical (unpaired) electrons. The molecular weight excluding hydrogens is 162 g/mol. The fourth-order valence-electron chi connectivity index (χ4n) is 2.62. The van der Waals surface area contributed by atoms with Gasteiger partial charge in [-0.2, -0.15) is 0 Å². The van der Waals surface area contributed by atoms with E-state index in [0.29, 0.717) is 6.54 Å². The van der Waals surface area contributed by atoms with Crippen LogP contribution >= 0.6 is 0 Å². The molecule has 13 heavy (non-hydrogen) atoms. The van der Waals surface area contributed by atoms with Gasteiger partial charge in [-0.3, -0.25) is 0 Å². The molecule has 0 heterocycles. The van der Waals surface area contributed by atoms with Gasteiger partial charge in [0, 0.05) is 0 Å². The van der Waals surface area contributed by atoms with Crippen LogP contribution in [0.1, 0.15) is 46.5 Å². The first-order chi connectivity index (χ1) is 5.94. The SMILES string of the molecule is CC(CN)C1(O)CCCCC1(C)C. The highest BCUT2D eigenvalue weighted by Crippen LogP contribution is 2.47. The topological polar surface area (TPSA) is 46.2 Å². The Hall–Kier alpha value is -0.0800. The molecule has 0 aromatic heterocycles. The Labute approximate surface area is 81.5 Å². The number of aliphatic hydroxyl groups is 1. The lowest BCUT2D eigenvalue weighted by molar-refractivity contribution is -0.131. The predicted octanol–water partition coefficient (Wildman–Crippen LogP) is 1.91. The van der Waals surface area contributed by atoms with E-state index in [9.17, 15) is 5.11 Å². The minimum atomic E-state index is -0.542. The van der Waals surface area contributed by atoms with Crippen molar-refractivity contribution in [3.63, 3.8) is 0 Å². The molecule has 1 aliphatic carbocycles. The molecule has 0 spiro atoms. The van der Waals surface area contributed by atoms with E-state index in [2.05, 4.69) is 20.8 Å². The largest absolute Gasteiger partial charge is 0.389 e. The third kappa shape index (κ3) is 1.75. The summed E-state index contributed by atoms with van der Waals surface area (Å²) in [5.74, 6) is 0.211. The molecule has 2 atom stereocenters. The maximum absolute atomic E-state index is 10.6. The summed E-state index contributed by atoms with van der Waals surface area (Å²) >= 11 is 0. The molecule has 0 aromatic rings. The third-order valence-electron chi connectivity index (χ3n) is 3.95. The summed E-state index contributed by atoms with van der Waals surface area (Å²) in [6, 6.07) is 0. The third-order valence-corrected chi connectivity index (χ3v) is 3.95. The van der Waals surface area contributed by atoms with Crippen LogP contribution < -0.4 is 5.73 Å². The maximum atomic E-state index is 10.6. The Morgan fingerprint density at radius 3 is 2.31 bits per heavy atom. The molecule has 0 saturated heterocycles. The number of hydrogen-bond donors (Lipinski definition) is 2. The fraction of sp³-hybridized carbons (Fsp3) is 1.00. The van der Waals surface area contributed by atoms with Gasteiger partial charge >= 0.3 is 0 Å². The second kappa shape index (κ2) is 3.58. The van der Waals surface area contributed by atoms with Crippen molar-refractivity contribution in [2.45, 2.75) is 52.1 Å². The summed E-state index contributed by atoms with van der Waals surface area (Å²) in [5, 5.41) is 10.6. The Morgan fingerprint density at radius 1 is 1.31 bits per heavy atom. The summed E-state index contributed by atoms with van der Waals surface area (Å²) in [4.78, 5) is 0. The van der Waals surface area contributed by atoms with Crippen molar-refractivity contribution >= 4 is 0 Å². The van der Waals surface area contributed by atoms with Crippen LogP contribution in [0.2, 0.25) is 0 Å². The molecule has 1 saturated carbocycles. The molecule has 2 heteroatoms.